The fourth-order valence-electron chi connectivity index (χ4n) is 8.26. The summed E-state index contributed by atoms with van der Waals surface area (Å²) < 4.78 is 5.17. The molecule has 0 saturated carbocycles. The normalized spacial score (nSPS) is 12.0. The Labute approximate surface area is 292 Å². The molecule has 11 rings (SSSR count). The first-order chi connectivity index (χ1) is 24.8. The Kier molecular flexibility index (Phi) is 5.89. The number of rotatable bonds is 3. The van der Waals surface area contributed by atoms with Crippen molar-refractivity contribution in [2.24, 2.45) is 0 Å². The van der Waals surface area contributed by atoms with Gasteiger partial charge in [0.25, 0.3) is 0 Å². The molecule has 0 fully saturated rings. The molecule has 0 bridgehead atoms. The lowest BCUT2D eigenvalue weighted by atomic mass is 9.96. The number of hydrogen-bond donors (Lipinski definition) is 0. The standard InChI is InChI=1S/C48H29NS/c1-2-12-33-28-34(21-20-30(33)10-1)35-24-27-43-42(29-35)45-39-15-5-6-16-40(39)46-41-17-7-8-19-44(41)50-48(46)47(45)49(43)36-25-22-32(23-26-36)38-18-9-13-31-11-3-4-14-37(31)38/h1-29H. The van der Waals surface area contributed by atoms with E-state index < -0.39 is 0 Å². The Morgan fingerprint density at radius 2 is 1.00 bits per heavy atom. The van der Waals surface area contributed by atoms with E-state index >= 15 is 0 Å². The second-order valence-electron chi connectivity index (χ2n) is 13.3. The number of hydrogen-bond acceptors (Lipinski definition) is 1. The molecule has 0 aliphatic rings. The topological polar surface area (TPSA) is 4.93 Å². The van der Waals surface area contributed by atoms with Crippen LogP contribution in [-0.2, 0) is 0 Å². The molecule has 11 aromatic rings. The molecular weight excluding hydrogens is 623 g/mol. The lowest BCUT2D eigenvalue weighted by molar-refractivity contribution is 1.19. The van der Waals surface area contributed by atoms with Crippen LogP contribution in [0.2, 0.25) is 0 Å². The molecule has 0 aliphatic heterocycles. The van der Waals surface area contributed by atoms with Crippen LogP contribution < -0.4 is 0 Å². The fourth-order valence-corrected chi connectivity index (χ4v) is 9.52. The highest BCUT2D eigenvalue weighted by atomic mass is 32.1. The van der Waals surface area contributed by atoms with Crippen molar-refractivity contribution < 1.29 is 0 Å². The number of aromatic nitrogens is 1. The molecule has 2 aromatic heterocycles. The van der Waals surface area contributed by atoms with Crippen LogP contribution in [0.5, 0.6) is 0 Å². The van der Waals surface area contributed by atoms with Gasteiger partial charge in [0, 0.05) is 31.9 Å². The second kappa shape index (κ2) is 10.6. The minimum absolute atomic E-state index is 1.17. The van der Waals surface area contributed by atoms with Gasteiger partial charge in [-0.15, -0.1) is 11.3 Å². The van der Waals surface area contributed by atoms with Gasteiger partial charge in [-0.3, -0.25) is 0 Å². The molecular formula is C48H29NS. The smallest absolute Gasteiger partial charge is 0.0726 e. The Hall–Kier alpha value is -6.22. The van der Waals surface area contributed by atoms with Crippen molar-refractivity contribution in [3.05, 3.63) is 176 Å². The number of fused-ring (bicyclic) bond motifs is 12. The first-order valence-corrected chi connectivity index (χ1v) is 18.0. The summed E-state index contributed by atoms with van der Waals surface area (Å²) in [7, 11) is 0. The number of nitrogens with zero attached hydrogens (tertiary/aromatic N) is 1. The molecule has 50 heavy (non-hydrogen) atoms. The molecule has 0 saturated heterocycles. The molecule has 1 nitrogen and oxygen atoms in total. The first kappa shape index (κ1) is 27.7. The van der Waals surface area contributed by atoms with Gasteiger partial charge in [0.1, 0.15) is 0 Å². The van der Waals surface area contributed by atoms with E-state index in [4.69, 9.17) is 0 Å². The maximum atomic E-state index is 2.52. The van der Waals surface area contributed by atoms with Gasteiger partial charge in [-0.2, -0.15) is 0 Å². The van der Waals surface area contributed by atoms with Gasteiger partial charge >= 0.3 is 0 Å². The van der Waals surface area contributed by atoms with Crippen molar-refractivity contribution in [3.63, 3.8) is 0 Å². The largest absolute Gasteiger partial charge is 0.308 e. The summed E-state index contributed by atoms with van der Waals surface area (Å²) in [5, 5.41) is 12.9. The van der Waals surface area contributed by atoms with Gasteiger partial charge in [0.2, 0.25) is 0 Å². The third kappa shape index (κ3) is 4.00. The van der Waals surface area contributed by atoms with E-state index in [-0.39, 0.29) is 0 Å². The van der Waals surface area contributed by atoms with Crippen LogP contribution in [0.1, 0.15) is 0 Å². The first-order valence-electron chi connectivity index (χ1n) is 17.2. The van der Waals surface area contributed by atoms with Crippen LogP contribution in [0.25, 0.3) is 102 Å². The van der Waals surface area contributed by atoms with Gasteiger partial charge in [-0.25, -0.2) is 0 Å². The third-order valence-corrected chi connectivity index (χ3v) is 11.7. The van der Waals surface area contributed by atoms with Crippen molar-refractivity contribution >= 4 is 85.6 Å². The molecule has 0 spiro atoms. The van der Waals surface area contributed by atoms with E-state index in [0.29, 0.717) is 0 Å². The van der Waals surface area contributed by atoms with Crippen LogP contribution in [0.15, 0.2) is 176 Å². The van der Waals surface area contributed by atoms with E-state index in [1.54, 1.807) is 0 Å². The van der Waals surface area contributed by atoms with Gasteiger partial charge in [0.05, 0.1) is 15.7 Å². The molecule has 0 amide bonds. The van der Waals surface area contributed by atoms with Crippen molar-refractivity contribution in [1.82, 2.24) is 4.57 Å². The van der Waals surface area contributed by atoms with Crippen molar-refractivity contribution in [3.8, 4) is 27.9 Å². The zero-order chi connectivity index (χ0) is 32.8. The highest BCUT2D eigenvalue weighted by molar-refractivity contribution is 7.27. The highest BCUT2D eigenvalue weighted by Crippen LogP contribution is 2.48. The molecule has 0 unspecified atom stereocenters. The van der Waals surface area contributed by atoms with Crippen LogP contribution in [0, 0.1) is 0 Å². The summed E-state index contributed by atoms with van der Waals surface area (Å²) in [6, 6.07) is 64.9. The van der Waals surface area contributed by atoms with Gasteiger partial charge in [-0.05, 0) is 91.0 Å². The van der Waals surface area contributed by atoms with Gasteiger partial charge < -0.3 is 4.57 Å². The summed E-state index contributed by atoms with van der Waals surface area (Å²) in [6.45, 7) is 0. The molecule has 2 heterocycles. The fraction of sp³-hybridized carbons (Fsp3) is 0. The highest BCUT2D eigenvalue weighted by Gasteiger charge is 2.22. The zero-order valence-electron chi connectivity index (χ0n) is 27.1. The molecule has 9 aromatic carbocycles. The van der Waals surface area contributed by atoms with Crippen LogP contribution in [0.3, 0.4) is 0 Å². The number of benzene rings is 9. The second-order valence-corrected chi connectivity index (χ2v) is 14.3. The van der Waals surface area contributed by atoms with Crippen molar-refractivity contribution in [1.29, 1.82) is 0 Å². The average molecular weight is 652 g/mol. The van der Waals surface area contributed by atoms with Gasteiger partial charge in [-0.1, -0.05) is 140 Å². The van der Waals surface area contributed by atoms with Crippen LogP contribution >= 0.6 is 11.3 Å². The Bertz CT molecular complexity index is 3140. The van der Waals surface area contributed by atoms with Crippen LogP contribution in [-0.4, -0.2) is 4.57 Å². The predicted molar refractivity (Wildman–Crippen MR) is 217 cm³/mol. The minimum Gasteiger partial charge on any atom is -0.308 e. The monoisotopic (exact) mass is 651 g/mol. The average Bonchev–Trinajstić information content (AvgIpc) is 3.74. The molecule has 0 atom stereocenters. The van der Waals surface area contributed by atoms with E-state index in [2.05, 4.69) is 180 Å². The van der Waals surface area contributed by atoms with E-state index in [0.717, 1.165) is 0 Å². The Balaban J connectivity index is 1.23. The molecule has 0 aliphatic carbocycles. The molecule has 0 radical (unpaired) electrons. The van der Waals surface area contributed by atoms with E-state index in [9.17, 15) is 0 Å². The quantitative estimate of drug-likeness (QED) is 0.179. The van der Waals surface area contributed by atoms with E-state index in [1.165, 1.54) is 102 Å². The van der Waals surface area contributed by atoms with Crippen molar-refractivity contribution in [2.75, 3.05) is 0 Å². The lowest BCUT2D eigenvalue weighted by Crippen LogP contribution is -1.94. The summed E-state index contributed by atoms with van der Waals surface area (Å²) in [6.07, 6.45) is 0. The summed E-state index contributed by atoms with van der Waals surface area (Å²) in [4.78, 5) is 0. The summed E-state index contributed by atoms with van der Waals surface area (Å²) >= 11 is 1.91. The minimum atomic E-state index is 1.17. The lowest BCUT2D eigenvalue weighted by Gasteiger charge is -2.12. The maximum absolute atomic E-state index is 2.52. The number of thiophene rings is 1. The zero-order valence-corrected chi connectivity index (χ0v) is 27.9. The van der Waals surface area contributed by atoms with E-state index in [1.807, 2.05) is 11.3 Å². The third-order valence-electron chi connectivity index (χ3n) is 10.6. The molecule has 0 N–H and O–H groups in total. The predicted octanol–water partition coefficient (Wildman–Crippen LogP) is 13.9. The van der Waals surface area contributed by atoms with Gasteiger partial charge in [0.15, 0.2) is 0 Å². The maximum Gasteiger partial charge on any atom is 0.0726 e. The van der Waals surface area contributed by atoms with Crippen LogP contribution in [0.4, 0.5) is 0 Å². The molecule has 2 heteroatoms. The van der Waals surface area contributed by atoms with Crippen molar-refractivity contribution in [2.45, 2.75) is 0 Å². The molecule has 232 valence electrons. The summed E-state index contributed by atoms with van der Waals surface area (Å²) in [5.74, 6) is 0. The Morgan fingerprint density at radius 3 is 1.84 bits per heavy atom. The SMILES string of the molecule is c1ccc2cc(-c3ccc4c(c3)c3c5ccccc5c5c6ccccc6sc5c3n4-c3ccc(-c4cccc5ccccc45)cc3)ccc2c1. The Morgan fingerprint density at radius 1 is 0.380 bits per heavy atom. The summed E-state index contributed by atoms with van der Waals surface area (Å²) in [5.41, 5.74) is 8.62.